The number of carbonyl (C=O) groups is 3. The number of carboxylic acid groups (broad SMARTS) is 1. The minimum atomic E-state index is -1.08. The summed E-state index contributed by atoms with van der Waals surface area (Å²) in [6, 6.07) is -0.538. The summed E-state index contributed by atoms with van der Waals surface area (Å²) in [7, 11) is 3.16. The molecule has 0 aromatic carbocycles. The van der Waals surface area contributed by atoms with Gasteiger partial charge in [0, 0.05) is 20.6 Å². The summed E-state index contributed by atoms with van der Waals surface area (Å²) in [5.41, 5.74) is 0. The highest BCUT2D eigenvalue weighted by molar-refractivity contribution is 5.85. The van der Waals surface area contributed by atoms with E-state index in [-0.39, 0.29) is 19.0 Å². The molecule has 0 aliphatic rings. The third-order valence-corrected chi connectivity index (χ3v) is 2.00. The topological polar surface area (TPSA) is 90.0 Å². The van der Waals surface area contributed by atoms with E-state index in [4.69, 9.17) is 5.11 Å². The molecule has 0 unspecified atom stereocenters. The predicted molar refractivity (Wildman–Crippen MR) is 61.6 cm³/mol. The zero-order chi connectivity index (χ0) is 13.4. The first kappa shape index (κ1) is 15.2. The van der Waals surface area contributed by atoms with Gasteiger partial charge in [0.25, 0.3) is 0 Å². The minimum Gasteiger partial charge on any atom is -0.480 e. The van der Waals surface area contributed by atoms with Crippen LogP contribution in [0.1, 0.15) is 13.3 Å². The Hall–Kier alpha value is -1.79. The van der Waals surface area contributed by atoms with E-state index in [1.54, 1.807) is 14.1 Å². The molecule has 2 N–H and O–H groups in total. The van der Waals surface area contributed by atoms with Crippen molar-refractivity contribution in [1.29, 1.82) is 0 Å². The van der Waals surface area contributed by atoms with Gasteiger partial charge in [-0.25, -0.2) is 4.79 Å². The highest BCUT2D eigenvalue weighted by Crippen LogP contribution is 1.92. The average Bonchev–Trinajstić information content (AvgIpc) is 2.23. The summed E-state index contributed by atoms with van der Waals surface area (Å²) in [6.45, 7) is 1.68. The van der Waals surface area contributed by atoms with Crippen LogP contribution in [-0.2, 0) is 9.59 Å². The molecule has 0 aromatic heterocycles. The number of hydrogen-bond donors (Lipinski definition) is 2. The summed E-state index contributed by atoms with van der Waals surface area (Å²) >= 11 is 0. The van der Waals surface area contributed by atoms with Crippen molar-refractivity contribution in [2.45, 2.75) is 13.3 Å². The number of nitrogens with zero attached hydrogens (tertiary/aromatic N) is 2. The molecule has 17 heavy (non-hydrogen) atoms. The van der Waals surface area contributed by atoms with Crippen LogP contribution >= 0.6 is 0 Å². The SMILES string of the molecule is CCCN(CC(=O)O)C(=O)NCC(=O)N(C)C. The van der Waals surface area contributed by atoms with Crippen molar-refractivity contribution in [2.75, 3.05) is 33.7 Å². The summed E-state index contributed by atoms with van der Waals surface area (Å²) < 4.78 is 0. The van der Waals surface area contributed by atoms with Gasteiger partial charge in [0.1, 0.15) is 6.54 Å². The van der Waals surface area contributed by atoms with E-state index < -0.39 is 12.0 Å². The minimum absolute atomic E-state index is 0.133. The lowest BCUT2D eigenvalue weighted by atomic mass is 10.4. The van der Waals surface area contributed by atoms with Crippen LogP contribution in [0, 0.1) is 0 Å². The van der Waals surface area contributed by atoms with E-state index in [0.717, 1.165) is 4.90 Å². The molecule has 0 aromatic rings. The van der Waals surface area contributed by atoms with E-state index in [1.165, 1.54) is 4.90 Å². The molecule has 0 spiro atoms. The van der Waals surface area contributed by atoms with Crippen LogP contribution in [0.5, 0.6) is 0 Å². The summed E-state index contributed by atoms with van der Waals surface area (Å²) in [5, 5.41) is 11.0. The number of carboxylic acids is 1. The van der Waals surface area contributed by atoms with Crippen LogP contribution in [-0.4, -0.2) is 66.5 Å². The van der Waals surface area contributed by atoms with Crippen LogP contribution in [0.2, 0.25) is 0 Å². The quantitative estimate of drug-likeness (QED) is 0.665. The number of amides is 3. The molecule has 7 heteroatoms. The maximum absolute atomic E-state index is 11.6. The second-order valence-electron chi connectivity index (χ2n) is 3.76. The molecular weight excluding hydrogens is 226 g/mol. The second-order valence-corrected chi connectivity index (χ2v) is 3.76. The van der Waals surface area contributed by atoms with Crippen LogP contribution in [0.3, 0.4) is 0 Å². The zero-order valence-corrected chi connectivity index (χ0v) is 10.4. The predicted octanol–water partition coefficient (Wildman–Crippen LogP) is -0.419. The Morgan fingerprint density at radius 1 is 1.24 bits per heavy atom. The normalized spacial score (nSPS) is 9.59. The summed E-state index contributed by atoms with van der Waals surface area (Å²) in [5.74, 6) is -1.32. The molecule has 0 aliphatic heterocycles. The van der Waals surface area contributed by atoms with Gasteiger partial charge < -0.3 is 20.2 Å². The average molecular weight is 245 g/mol. The highest BCUT2D eigenvalue weighted by atomic mass is 16.4. The van der Waals surface area contributed by atoms with Crippen molar-refractivity contribution in [3.05, 3.63) is 0 Å². The molecule has 0 saturated carbocycles. The van der Waals surface area contributed by atoms with Crippen LogP contribution in [0.15, 0.2) is 0 Å². The maximum atomic E-state index is 11.6. The Balaban J connectivity index is 4.23. The number of rotatable bonds is 6. The van der Waals surface area contributed by atoms with Gasteiger partial charge in [-0.2, -0.15) is 0 Å². The van der Waals surface area contributed by atoms with Gasteiger partial charge in [0.15, 0.2) is 0 Å². The molecule has 0 heterocycles. The fraction of sp³-hybridized carbons (Fsp3) is 0.700. The lowest BCUT2D eigenvalue weighted by molar-refractivity contribution is -0.137. The Morgan fingerprint density at radius 2 is 1.82 bits per heavy atom. The molecule has 0 rings (SSSR count). The third-order valence-electron chi connectivity index (χ3n) is 2.00. The number of likely N-dealkylation sites (N-methyl/N-ethyl adjacent to an activating group) is 1. The Bertz CT molecular complexity index is 291. The number of nitrogens with one attached hydrogen (secondary N) is 1. The Kier molecular flexibility index (Phi) is 6.69. The van der Waals surface area contributed by atoms with Crippen molar-refractivity contribution in [1.82, 2.24) is 15.1 Å². The third kappa shape index (κ3) is 6.39. The molecule has 0 saturated heterocycles. The lowest BCUT2D eigenvalue weighted by Gasteiger charge is -2.20. The molecule has 3 amide bonds. The molecule has 0 atom stereocenters. The van der Waals surface area contributed by atoms with Crippen molar-refractivity contribution >= 4 is 17.9 Å². The van der Waals surface area contributed by atoms with Gasteiger partial charge in [0.05, 0.1) is 6.54 Å². The van der Waals surface area contributed by atoms with E-state index in [2.05, 4.69) is 5.32 Å². The van der Waals surface area contributed by atoms with E-state index >= 15 is 0 Å². The Labute approximate surface area is 100 Å². The van der Waals surface area contributed by atoms with Gasteiger partial charge in [-0.05, 0) is 6.42 Å². The number of hydrogen-bond acceptors (Lipinski definition) is 3. The van der Waals surface area contributed by atoms with Gasteiger partial charge in [-0.1, -0.05) is 6.92 Å². The van der Waals surface area contributed by atoms with Crippen LogP contribution < -0.4 is 5.32 Å². The van der Waals surface area contributed by atoms with Crippen molar-refractivity contribution < 1.29 is 19.5 Å². The first-order chi connectivity index (χ1) is 7.88. The zero-order valence-electron chi connectivity index (χ0n) is 10.4. The molecule has 98 valence electrons. The van der Waals surface area contributed by atoms with Crippen molar-refractivity contribution in [3.8, 4) is 0 Å². The van der Waals surface area contributed by atoms with Crippen LogP contribution in [0.25, 0.3) is 0 Å². The summed E-state index contributed by atoms with van der Waals surface area (Å²) in [6.07, 6.45) is 0.655. The molecule has 0 bridgehead atoms. The van der Waals surface area contributed by atoms with Gasteiger partial charge in [-0.3, -0.25) is 9.59 Å². The van der Waals surface area contributed by atoms with Crippen molar-refractivity contribution in [2.24, 2.45) is 0 Å². The van der Waals surface area contributed by atoms with Gasteiger partial charge in [0.2, 0.25) is 5.91 Å². The Morgan fingerprint density at radius 3 is 2.24 bits per heavy atom. The monoisotopic (exact) mass is 245 g/mol. The second kappa shape index (κ2) is 7.48. The van der Waals surface area contributed by atoms with E-state index in [1.807, 2.05) is 6.92 Å². The standard InChI is InChI=1S/C10H19N3O4/c1-4-5-13(7-9(15)16)10(17)11-6-8(14)12(2)3/h4-7H2,1-3H3,(H,11,17)(H,15,16). The maximum Gasteiger partial charge on any atom is 0.323 e. The number of carbonyl (C=O) groups excluding carboxylic acids is 2. The van der Waals surface area contributed by atoms with Gasteiger partial charge >= 0.3 is 12.0 Å². The van der Waals surface area contributed by atoms with E-state index in [0.29, 0.717) is 13.0 Å². The first-order valence-electron chi connectivity index (χ1n) is 5.33. The highest BCUT2D eigenvalue weighted by Gasteiger charge is 2.16. The van der Waals surface area contributed by atoms with Crippen molar-refractivity contribution in [3.63, 3.8) is 0 Å². The molecular formula is C10H19N3O4. The fourth-order valence-electron chi connectivity index (χ4n) is 1.11. The van der Waals surface area contributed by atoms with Gasteiger partial charge in [-0.15, -0.1) is 0 Å². The lowest BCUT2D eigenvalue weighted by Crippen LogP contribution is -2.46. The molecule has 7 nitrogen and oxygen atoms in total. The van der Waals surface area contributed by atoms with Crippen LogP contribution in [0.4, 0.5) is 4.79 Å². The molecule has 0 radical (unpaired) electrons. The largest absolute Gasteiger partial charge is 0.480 e. The number of aliphatic carboxylic acids is 1. The van der Waals surface area contributed by atoms with E-state index in [9.17, 15) is 14.4 Å². The number of urea groups is 1. The first-order valence-corrected chi connectivity index (χ1v) is 5.33. The molecule has 0 aliphatic carbocycles. The smallest absolute Gasteiger partial charge is 0.323 e. The molecule has 0 fully saturated rings. The summed E-state index contributed by atoms with van der Waals surface area (Å²) in [4.78, 5) is 35.8. The fourth-order valence-corrected chi connectivity index (χ4v) is 1.11.